The standard InChI is InChI=1S/C24H24N4O4S/c1-32-23-13-5-3-11-21(23)27-33(30,31)19-9-6-8-18(16-19)24(29)25-14-7-15-28-17-26-20-10-2-4-12-22(20)28/h2-6,8-13,16-17,27H,7,14-15H2,1H3,(H,25,29). The number of nitrogens with one attached hydrogen (secondary N) is 2. The Labute approximate surface area is 192 Å². The molecule has 8 nitrogen and oxygen atoms in total. The van der Waals surface area contributed by atoms with Gasteiger partial charge in [-0.25, -0.2) is 13.4 Å². The van der Waals surface area contributed by atoms with Crippen molar-refractivity contribution in [2.75, 3.05) is 18.4 Å². The molecule has 4 rings (SSSR count). The van der Waals surface area contributed by atoms with Gasteiger partial charge in [-0.1, -0.05) is 30.3 Å². The van der Waals surface area contributed by atoms with Gasteiger partial charge in [0.15, 0.2) is 0 Å². The van der Waals surface area contributed by atoms with Crippen LogP contribution < -0.4 is 14.8 Å². The minimum Gasteiger partial charge on any atom is -0.495 e. The number of methoxy groups -OCH3 is 1. The van der Waals surface area contributed by atoms with E-state index in [1.165, 1.54) is 19.2 Å². The van der Waals surface area contributed by atoms with Crippen LogP contribution >= 0.6 is 0 Å². The first-order chi connectivity index (χ1) is 16.0. The summed E-state index contributed by atoms with van der Waals surface area (Å²) in [7, 11) is -2.43. The SMILES string of the molecule is COc1ccccc1NS(=O)(=O)c1cccc(C(=O)NCCCn2cnc3ccccc32)c1. The molecule has 0 bridgehead atoms. The van der Waals surface area contributed by atoms with Crippen LogP contribution in [0.4, 0.5) is 5.69 Å². The van der Waals surface area contributed by atoms with Gasteiger partial charge in [0.25, 0.3) is 15.9 Å². The van der Waals surface area contributed by atoms with Gasteiger partial charge in [0, 0.05) is 18.7 Å². The molecule has 2 N–H and O–H groups in total. The van der Waals surface area contributed by atoms with Crippen molar-refractivity contribution in [1.29, 1.82) is 0 Å². The number of hydrogen-bond acceptors (Lipinski definition) is 5. The number of para-hydroxylation sites is 4. The molecule has 0 aliphatic heterocycles. The summed E-state index contributed by atoms with van der Waals surface area (Å²) in [5.41, 5.74) is 2.57. The lowest BCUT2D eigenvalue weighted by atomic mass is 10.2. The van der Waals surface area contributed by atoms with Crippen molar-refractivity contribution in [3.8, 4) is 5.75 Å². The Morgan fingerprint density at radius 1 is 1.03 bits per heavy atom. The molecule has 1 aromatic heterocycles. The summed E-state index contributed by atoms with van der Waals surface area (Å²) in [6.45, 7) is 1.15. The van der Waals surface area contributed by atoms with E-state index in [-0.39, 0.29) is 16.4 Å². The van der Waals surface area contributed by atoms with Crippen molar-refractivity contribution in [3.63, 3.8) is 0 Å². The van der Waals surface area contributed by atoms with Gasteiger partial charge in [-0.05, 0) is 48.9 Å². The summed E-state index contributed by atoms with van der Waals surface area (Å²) >= 11 is 0. The molecule has 0 spiro atoms. The molecule has 9 heteroatoms. The second-order valence-corrected chi connectivity index (χ2v) is 9.05. The average molecular weight is 465 g/mol. The first-order valence-corrected chi connectivity index (χ1v) is 11.9. The number of aryl methyl sites for hydroxylation is 1. The predicted molar refractivity (Wildman–Crippen MR) is 127 cm³/mol. The highest BCUT2D eigenvalue weighted by Crippen LogP contribution is 2.26. The molecular weight excluding hydrogens is 440 g/mol. The van der Waals surface area contributed by atoms with E-state index in [9.17, 15) is 13.2 Å². The summed E-state index contributed by atoms with van der Waals surface area (Å²) in [6, 6.07) is 20.5. The van der Waals surface area contributed by atoms with Crippen LogP contribution in [0.3, 0.4) is 0 Å². The molecule has 0 unspecified atom stereocenters. The molecule has 0 radical (unpaired) electrons. The molecule has 0 aliphatic carbocycles. The molecule has 1 heterocycles. The smallest absolute Gasteiger partial charge is 0.262 e. The van der Waals surface area contributed by atoms with Crippen LogP contribution in [0.25, 0.3) is 11.0 Å². The van der Waals surface area contributed by atoms with Crippen molar-refractivity contribution in [3.05, 3.63) is 84.7 Å². The van der Waals surface area contributed by atoms with Gasteiger partial charge in [-0.15, -0.1) is 0 Å². The van der Waals surface area contributed by atoms with Crippen LogP contribution in [-0.2, 0) is 16.6 Å². The molecule has 0 saturated carbocycles. The number of aromatic nitrogens is 2. The molecule has 33 heavy (non-hydrogen) atoms. The van der Waals surface area contributed by atoms with Crippen LogP contribution in [0.15, 0.2) is 84.0 Å². The van der Waals surface area contributed by atoms with Gasteiger partial charge in [0.05, 0.1) is 35.1 Å². The number of sulfonamides is 1. The number of carbonyl (C=O) groups is 1. The van der Waals surface area contributed by atoms with Crippen molar-refractivity contribution in [2.45, 2.75) is 17.9 Å². The molecule has 0 fully saturated rings. The Hall–Kier alpha value is -3.85. The molecule has 3 aromatic carbocycles. The molecule has 0 aliphatic rings. The first kappa shape index (κ1) is 22.3. The Kier molecular flexibility index (Phi) is 6.60. The van der Waals surface area contributed by atoms with Crippen molar-refractivity contribution in [1.82, 2.24) is 14.9 Å². The summed E-state index contributed by atoms with van der Waals surface area (Å²) < 4.78 is 35.4. The Balaban J connectivity index is 1.38. The minimum atomic E-state index is -3.90. The third-order valence-corrected chi connectivity index (χ3v) is 6.51. The van der Waals surface area contributed by atoms with Crippen molar-refractivity contribution < 1.29 is 17.9 Å². The van der Waals surface area contributed by atoms with Gasteiger partial charge >= 0.3 is 0 Å². The zero-order chi connectivity index (χ0) is 23.3. The lowest BCUT2D eigenvalue weighted by Crippen LogP contribution is -2.25. The zero-order valence-corrected chi connectivity index (χ0v) is 18.9. The number of imidazole rings is 1. The molecule has 1 amide bonds. The monoisotopic (exact) mass is 464 g/mol. The van der Waals surface area contributed by atoms with E-state index < -0.39 is 10.0 Å². The molecule has 0 saturated heterocycles. The number of carbonyl (C=O) groups excluding carboxylic acids is 1. The normalized spacial score (nSPS) is 11.3. The predicted octanol–water partition coefficient (Wildman–Crippen LogP) is 3.67. The maximum absolute atomic E-state index is 12.8. The second kappa shape index (κ2) is 9.74. The minimum absolute atomic E-state index is 0.00839. The molecule has 170 valence electrons. The lowest BCUT2D eigenvalue weighted by molar-refractivity contribution is 0.0952. The lowest BCUT2D eigenvalue weighted by Gasteiger charge is -2.12. The quantitative estimate of drug-likeness (QED) is 0.368. The summed E-state index contributed by atoms with van der Waals surface area (Å²) in [5.74, 6) is 0.0699. The number of benzene rings is 3. The van der Waals surface area contributed by atoms with Crippen LogP contribution in [-0.4, -0.2) is 37.5 Å². The van der Waals surface area contributed by atoms with Gasteiger partial charge < -0.3 is 14.6 Å². The van der Waals surface area contributed by atoms with E-state index in [1.54, 1.807) is 42.7 Å². The van der Waals surface area contributed by atoms with E-state index >= 15 is 0 Å². The highest BCUT2D eigenvalue weighted by molar-refractivity contribution is 7.92. The maximum atomic E-state index is 12.8. The van der Waals surface area contributed by atoms with Crippen LogP contribution in [0.5, 0.6) is 5.75 Å². The Morgan fingerprint density at radius 3 is 2.67 bits per heavy atom. The van der Waals surface area contributed by atoms with E-state index in [2.05, 4.69) is 15.0 Å². The fourth-order valence-corrected chi connectivity index (χ4v) is 4.59. The van der Waals surface area contributed by atoms with Crippen LogP contribution in [0, 0.1) is 0 Å². The molecule has 0 atom stereocenters. The largest absolute Gasteiger partial charge is 0.495 e. The van der Waals surface area contributed by atoms with Gasteiger partial charge in [-0.3, -0.25) is 9.52 Å². The summed E-state index contributed by atoms with van der Waals surface area (Å²) in [4.78, 5) is 16.9. The van der Waals surface area contributed by atoms with Gasteiger partial charge in [0.1, 0.15) is 5.75 Å². The van der Waals surface area contributed by atoms with Gasteiger partial charge in [-0.2, -0.15) is 0 Å². The zero-order valence-electron chi connectivity index (χ0n) is 18.1. The van der Waals surface area contributed by atoms with Gasteiger partial charge in [0.2, 0.25) is 0 Å². The van der Waals surface area contributed by atoms with E-state index in [0.717, 1.165) is 11.0 Å². The summed E-state index contributed by atoms with van der Waals surface area (Å²) in [5, 5.41) is 2.85. The average Bonchev–Trinajstić information content (AvgIpc) is 3.25. The Morgan fingerprint density at radius 2 is 1.82 bits per heavy atom. The fraction of sp³-hybridized carbons (Fsp3) is 0.167. The highest BCUT2D eigenvalue weighted by atomic mass is 32.2. The highest BCUT2D eigenvalue weighted by Gasteiger charge is 2.18. The van der Waals surface area contributed by atoms with E-state index in [0.29, 0.717) is 30.9 Å². The third-order valence-electron chi connectivity index (χ3n) is 5.15. The summed E-state index contributed by atoms with van der Waals surface area (Å²) in [6.07, 6.45) is 2.50. The van der Waals surface area contributed by atoms with E-state index in [4.69, 9.17) is 4.74 Å². The van der Waals surface area contributed by atoms with Crippen molar-refractivity contribution in [2.24, 2.45) is 0 Å². The second-order valence-electron chi connectivity index (χ2n) is 7.37. The fourth-order valence-electron chi connectivity index (χ4n) is 3.48. The first-order valence-electron chi connectivity index (χ1n) is 10.4. The van der Waals surface area contributed by atoms with E-state index in [1.807, 2.05) is 28.8 Å². The topological polar surface area (TPSA) is 102 Å². The third kappa shape index (κ3) is 5.15. The number of ether oxygens (including phenoxy) is 1. The molecule has 4 aromatic rings. The van der Waals surface area contributed by atoms with Crippen molar-refractivity contribution >= 4 is 32.7 Å². The number of fused-ring (bicyclic) bond motifs is 1. The Bertz CT molecular complexity index is 1380. The number of amides is 1. The van der Waals surface area contributed by atoms with Crippen LogP contribution in [0.1, 0.15) is 16.8 Å². The molecular formula is C24H24N4O4S. The van der Waals surface area contributed by atoms with Crippen LogP contribution in [0.2, 0.25) is 0 Å². The number of nitrogens with zero attached hydrogens (tertiary/aromatic N) is 2. The number of rotatable bonds is 9. The number of anilines is 1. The maximum Gasteiger partial charge on any atom is 0.262 e. The number of hydrogen-bond donors (Lipinski definition) is 2.